The van der Waals surface area contributed by atoms with E-state index in [0.717, 1.165) is 12.1 Å². The van der Waals surface area contributed by atoms with E-state index >= 15 is 0 Å². The summed E-state index contributed by atoms with van der Waals surface area (Å²) in [5, 5.41) is 8.80. The van der Waals surface area contributed by atoms with Crippen molar-refractivity contribution in [3.63, 3.8) is 0 Å². The van der Waals surface area contributed by atoms with Gasteiger partial charge in [0.25, 0.3) is 0 Å². The number of ether oxygens (including phenoxy) is 1. The van der Waals surface area contributed by atoms with Crippen LogP contribution in [0.4, 0.5) is 13.2 Å². The SMILES string of the molecule is Oc1ccc(OC(F)(F)CF)cc1. The van der Waals surface area contributed by atoms with Gasteiger partial charge in [0.2, 0.25) is 0 Å². The number of rotatable bonds is 3. The zero-order chi connectivity index (χ0) is 9.90. The zero-order valence-electron chi connectivity index (χ0n) is 6.51. The maximum Gasteiger partial charge on any atom is 0.427 e. The molecule has 0 unspecified atom stereocenters. The molecular weight excluding hydrogens is 185 g/mol. The van der Waals surface area contributed by atoms with Crippen molar-refractivity contribution in [2.24, 2.45) is 0 Å². The normalized spacial score (nSPS) is 11.3. The molecule has 0 fully saturated rings. The Morgan fingerprint density at radius 1 is 1.23 bits per heavy atom. The largest absolute Gasteiger partial charge is 0.508 e. The number of phenols is 1. The summed E-state index contributed by atoms with van der Waals surface area (Å²) in [5.74, 6) is -0.267. The Morgan fingerprint density at radius 3 is 2.23 bits per heavy atom. The van der Waals surface area contributed by atoms with Crippen LogP contribution >= 0.6 is 0 Å². The summed E-state index contributed by atoms with van der Waals surface area (Å²) in [6.07, 6.45) is -3.81. The van der Waals surface area contributed by atoms with Gasteiger partial charge in [-0.1, -0.05) is 0 Å². The van der Waals surface area contributed by atoms with E-state index in [1.165, 1.54) is 12.1 Å². The monoisotopic (exact) mass is 192 g/mol. The smallest absolute Gasteiger partial charge is 0.427 e. The molecule has 0 bridgehead atoms. The molecule has 13 heavy (non-hydrogen) atoms. The molecule has 0 spiro atoms. The van der Waals surface area contributed by atoms with E-state index in [-0.39, 0.29) is 11.5 Å². The van der Waals surface area contributed by atoms with Crippen LogP contribution in [0.5, 0.6) is 11.5 Å². The number of halogens is 3. The van der Waals surface area contributed by atoms with E-state index in [2.05, 4.69) is 4.74 Å². The molecule has 1 rings (SSSR count). The van der Waals surface area contributed by atoms with Gasteiger partial charge in [0, 0.05) is 0 Å². The lowest BCUT2D eigenvalue weighted by molar-refractivity contribution is -0.186. The summed E-state index contributed by atoms with van der Waals surface area (Å²) < 4.78 is 40.2. The Labute approximate surface area is 72.6 Å². The van der Waals surface area contributed by atoms with Crippen LogP contribution in [-0.4, -0.2) is 17.9 Å². The molecule has 0 saturated carbocycles. The van der Waals surface area contributed by atoms with Crippen molar-refractivity contribution in [3.8, 4) is 11.5 Å². The molecule has 0 radical (unpaired) electrons. The third kappa shape index (κ3) is 2.85. The standard InChI is InChI=1S/C8H7F3O2/c9-5-8(10,11)13-7-3-1-6(12)2-4-7/h1-4,12H,5H2. The second kappa shape index (κ2) is 3.55. The fourth-order valence-corrected chi connectivity index (χ4v) is 0.714. The summed E-state index contributed by atoms with van der Waals surface area (Å²) in [6, 6.07) is 4.59. The maximum atomic E-state index is 12.3. The number of hydrogen-bond acceptors (Lipinski definition) is 2. The molecule has 72 valence electrons. The highest BCUT2D eigenvalue weighted by Crippen LogP contribution is 2.23. The van der Waals surface area contributed by atoms with E-state index in [1.807, 2.05) is 0 Å². The Morgan fingerprint density at radius 2 is 1.77 bits per heavy atom. The minimum absolute atomic E-state index is 0.0732. The molecule has 1 N–H and O–H groups in total. The van der Waals surface area contributed by atoms with Crippen LogP contribution < -0.4 is 4.74 Å². The molecule has 1 aromatic carbocycles. The van der Waals surface area contributed by atoms with Gasteiger partial charge in [-0.25, -0.2) is 4.39 Å². The Balaban J connectivity index is 2.69. The van der Waals surface area contributed by atoms with Gasteiger partial charge >= 0.3 is 6.11 Å². The van der Waals surface area contributed by atoms with Gasteiger partial charge in [-0.2, -0.15) is 8.78 Å². The number of hydrogen-bond donors (Lipinski definition) is 1. The molecule has 5 heteroatoms. The van der Waals surface area contributed by atoms with Gasteiger partial charge in [0.1, 0.15) is 11.5 Å². The fourth-order valence-electron chi connectivity index (χ4n) is 0.714. The van der Waals surface area contributed by atoms with Gasteiger partial charge in [-0.3, -0.25) is 0 Å². The van der Waals surface area contributed by atoms with Gasteiger partial charge < -0.3 is 9.84 Å². The molecule has 0 aliphatic heterocycles. The van der Waals surface area contributed by atoms with Crippen molar-refractivity contribution < 1.29 is 23.0 Å². The molecule has 0 aliphatic rings. The summed E-state index contributed by atoms with van der Waals surface area (Å²) in [4.78, 5) is 0. The average molecular weight is 192 g/mol. The van der Waals surface area contributed by atoms with Crippen LogP contribution in [0.25, 0.3) is 0 Å². The molecule has 0 aliphatic carbocycles. The van der Waals surface area contributed by atoms with E-state index in [4.69, 9.17) is 5.11 Å². The second-order valence-electron chi connectivity index (χ2n) is 2.37. The minimum atomic E-state index is -3.81. The predicted molar refractivity (Wildman–Crippen MR) is 39.7 cm³/mol. The lowest BCUT2D eigenvalue weighted by Gasteiger charge is -2.13. The quantitative estimate of drug-likeness (QED) is 0.796. The van der Waals surface area contributed by atoms with Crippen LogP contribution in [0.3, 0.4) is 0 Å². The number of benzene rings is 1. The van der Waals surface area contributed by atoms with Crippen LogP contribution in [0.15, 0.2) is 24.3 Å². The van der Waals surface area contributed by atoms with Crippen LogP contribution in [0.1, 0.15) is 0 Å². The van der Waals surface area contributed by atoms with Crippen LogP contribution in [-0.2, 0) is 0 Å². The van der Waals surface area contributed by atoms with Crippen LogP contribution in [0, 0.1) is 0 Å². The maximum absolute atomic E-state index is 12.3. The first-order valence-electron chi connectivity index (χ1n) is 3.45. The van der Waals surface area contributed by atoms with Crippen molar-refractivity contribution in [2.75, 3.05) is 6.67 Å². The third-order valence-corrected chi connectivity index (χ3v) is 1.26. The first kappa shape index (κ1) is 9.70. The van der Waals surface area contributed by atoms with Gasteiger partial charge in [0.05, 0.1) is 0 Å². The lowest BCUT2D eigenvalue weighted by atomic mass is 10.3. The minimum Gasteiger partial charge on any atom is -0.508 e. The first-order valence-corrected chi connectivity index (χ1v) is 3.45. The number of aromatic hydroxyl groups is 1. The Hall–Kier alpha value is -1.39. The number of phenolic OH excluding ortho intramolecular Hbond substituents is 1. The summed E-state index contributed by atoms with van der Waals surface area (Å²) >= 11 is 0. The van der Waals surface area contributed by atoms with E-state index < -0.39 is 12.8 Å². The number of alkyl halides is 3. The van der Waals surface area contributed by atoms with Gasteiger partial charge in [-0.05, 0) is 24.3 Å². The molecule has 0 saturated heterocycles. The van der Waals surface area contributed by atoms with Gasteiger partial charge in [-0.15, -0.1) is 0 Å². The van der Waals surface area contributed by atoms with Crippen molar-refractivity contribution >= 4 is 0 Å². The molecule has 0 atom stereocenters. The van der Waals surface area contributed by atoms with Crippen molar-refractivity contribution in [2.45, 2.75) is 6.11 Å². The summed E-state index contributed by atoms with van der Waals surface area (Å²) in [5.41, 5.74) is 0. The first-order chi connectivity index (χ1) is 6.03. The van der Waals surface area contributed by atoms with E-state index in [1.54, 1.807) is 0 Å². The second-order valence-corrected chi connectivity index (χ2v) is 2.37. The van der Waals surface area contributed by atoms with Crippen molar-refractivity contribution in [1.29, 1.82) is 0 Å². The topological polar surface area (TPSA) is 29.5 Å². The molecule has 0 amide bonds. The van der Waals surface area contributed by atoms with Gasteiger partial charge in [0.15, 0.2) is 6.67 Å². The molecule has 2 nitrogen and oxygen atoms in total. The Kier molecular flexibility index (Phi) is 2.65. The van der Waals surface area contributed by atoms with E-state index in [9.17, 15) is 13.2 Å². The highest BCUT2D eigenvalue weighted by atomic mass is 19.3. The zero-order valence-corrected chi connectivity index (χ0v) is 6.51. The summed E-state index contributed by atoms with van der Waals surface area (Å²) in [7, 11) is 0. The Bertz CT molecular complexity index is 271. The molecular formula is C8H7F3O2. The predicted octanol–water partition coefficient (Wildman–Crippen LogP) is 2.33. The van der Waals surface area contributed by atoms with Crippen LogP contribution in [0.2, 0.25) is 0 Å². The summed E-state index contributed by atoms with van der Waals surface area (Å²) in [6.45, 7) is -1.88. The molecule has 0 aromatic heterocycles. The van der Waals surface area contributed by atoms with E-state index in [0.29, 0.717) is 0 Å². The van der Waals surface area contributed by atoms with Crippen molar-refractivity contribution in [3.05, 3.63) is 24.3 Å². The lowest BCUT2D eigenvalue weighted by Crippen LogP contribution is -2.26. The van der Waals surface area contributed by atoms with Crippen molar-refractivity contribution in [1.82, 2.24) is 0 Å². The fraction of sp³-hybridized carbons (Fsp3) is 0.250. The average Bonchev–Trinajstić information content (AvgIpc) is 2.09. The molecule has 1 aromatic rings. The molecule has 0 heterocycles. The highest BCUT2D eigenvalue weighted by Gasteiger charge is 2.31. The third-order valence-electron chi connectivity index (χ3n) is 1.26. The highest BCUT2D eigenvalue weighted by molar-refractivity contribution is 5.30.